The van der Waals surface area contributed by atoms with Gasteiger partial charge in [-0.15, -0.1) is 0 Å². The lowest BCUT2D eigenvalue weighted by Gasteiger charge is -2.32. The molecule has 0 aromatic heterocycles. The third-order valence-electron chi connectivity index (χ3n) is 4.09. The normalized spacial score (nSPS) is 14.1. The van der Waals surface area contributed by atoms with E-state index in [4.69, 9.17) is 5.73 Å². The Morgan fingerprint density at radius 1 is 1.14 bits per heavy atom. The van der Waals surface area contributed by atoms with Crippen molar-refractivity contribution in [3.05, 3.63) is 57.6 Å². The van der Waals surface area contributed by atoms with Gasteiger partial charge in [-0.1, -0.05) is 23.8 Å². The van der Waals surface area contributed by atoms with Gasteiger partial charge in [-0.25, -0.2) is 0 Å². The Kier molecular flexibility index (Phi) is 4.32. The van der Waals surface area contributed by atoms with Crippen LogP contribution < -0.4 is 10.6 Å². The largest absolute Gasteiger partial charge is 0.340 e. The number of halogens is 1. The molecule has 21 heavy (non-hydrogen) atoms. The van der Waals surface area contributed by atoms with Crippen LogP contribution in [0.2, 0.25) is 0 Å². The van der Waals surface area contributed by atoms with Crippen molar-refractivity contribution in [2.75, 3.05) is 18.0 Å². The van der Waals surface area contributed by atoms with E-state index in [2.05, 4.69) is 64.2 Å². The van der Waals surface area contributed by atoms with Crippen molar-refractivity contribution in [1.29, 1.82) is 0 Å². The number of hydrogen-bond acceptors (Lipinski definition) is 2. The minimum Gasteiger partial charge on any atom is -0.340 e. The van der Waals surface area contributed by atoms with E-state index in [9.17, 15) is 0 Å². The number of rotatable bonds is 3. The van der Waals surface area contributed by atoms with Crippen molar-refractivity contribution in [1.82, 2.24) is 0 Å². The molecule has 0 atom stereocenters. The molecule has 1 heterocycles. The standard InChI is InChI=1S/C18H21BrN2/c1-13-4-6-17-15(11-13)3-2-10-21(17)18-7-5-14(8-9-20)12-16(18)19/h4-7,11-12H,2-3,8-10,20H2,1H3. The predicted octanol–water partition coefficient (Wildman–Crippen LogP) is 4.34. The Labute approximate surface area is 135 Å². The van der Waals surface area contributed by atoms with E-state index in [0.29, 0.717) is 6.54 Å². The molecular weight excluding hydrogens is 324 g/mol. The number of hydrogen-bond donors (Lipinski definition) is 1. The highest BCUT2D eigenvalue weighted by Gasteiger charge is 2.20. The summed E-state index contributed by atoms with van der Waals surface area (Å²) in [4.78, 5) is 2.43. The minimum atomic E-state index is 0.692. The summed E-state index contributed by atoms with van der Waals surface area (Å²) in [5.41, 5.74) is 12.3. The molecule has 110 valence electrons. The van der Waals surface area contributed by atoms with Crippen LogP contribution in [0.5, 0.6) is 0 Å². The Morgan fingerprint density at radius 2 is 1.95 bits per heavy atom. The van der Waals surface area contributed by atoms with E-state index in [1.807, 2.05) is 0 Å². The van der Waals surface area contributed by atoms with Gasteiger partial charge in [0.25, 0.3) is 0 Å². The third kappa shape index (κ3) is 2.99. The zero-order valence-electron chi connectivity index (χ0n) is 12.4. The summed E-state index contributed by atoms with van der Waals surface area (Å²) in [5, 5.41) is 0. The van der Waals surface area contributed by atoms with Crippen LogP contribution in [0.25, 0.3) is 0 Å². The van der Waals surface area contributed by atoms with Crippen LogP contribution in [0.3, 0.4) is 0 Å². The molecule has 2 N–H and O–H groups in total. The Bertz CT molecular complexity index is 652. The van der Waals surface area contributed by atoms with Gasteiger partial charge < -0.3 is 10.6 Å². The zero-order chi connectivity index (χ0) is 14.8. The highest BCUT2D eigenvalue weighted by molar-refractivity contribution is 9.10. The summed E-state index contributed by atoms with van der Waals surface area (Å²) >= 11 is 3.74. The second kappa shape index (κ2) is 6.20. The van der Waals surface area contributed by atoms with Crippen molar-refractivity contribution in [3.63, 3.8) is 0 Å². The first-order chi connectivity index (χ1) is 10.2. The van der Waals surface area contributed by atoms with Crippen LogP contribution in [-0.2, 0) is 12.8 Å². The monoisotopic (exact) mass is 344 g/mol. The zero-order valence-corrected chi connectivity index (χ0v) is 14.0. The van der Waals surface area contributed by atoms with Gasteiger partial charge in [0, 0.05) is 16.7 Å². The van der Waals surface area contributed by atoms with Crippen molar-refractivity contribution < 1.29 is 0 Å². The van der Waals surface area contributed by atoms with E-state index in [1.54, 1.807) is 0 Å². The molecule has 2 aromatic carbocycles. The fraction of sp³-hybridized carbons (Fsp3) is 0.333. The van der Waals surface area contributed by atoms with Gasteiger partial charge in [-0.3, -0.25) is 0 Å². The molecule has 0 unspecified atom stereocenters. The van der Waals surface area contributed by atoms with Crippen LogP contribution in [0.1, 0.15) is 23.1 Å². The van der Waals surface area contributed by atoms with Crippen molar-refractivity contribution in [2.45, 2.75) is 26.2 Å². The first-order valence-electron chi connectivity index (χ1n) is 7.54. The van der Waals surface area contributed by atoms with Crippen LogP contribution in [0.15, 0.2) is 40.9 Å². The molecule has 0 saturated carbocycles. The SMILES string of the molecule is Cc1ccc2c(c1)CCCN2c1ccc(CCN)cc1Br. The van der Waals surface area contributed by atoms with Crippen molar-refractivity contribution in [3.8, 4) is 0 Å². The molecule has 0 bridgehead atoms. The quantitative estimate of drug-likeness (QED) is 0.897. The van der Waals surface area contributed by atoms with Gasteiger partial charge in [0.15, 0.2) is 0 Å². The lowest BCUT2D eigenvalue weighted by atomic mass is 9.99. The molecule has 3 heteroatoms. The maximum atomic E-state index is 5.64. The maximum Gasteiger partial charge on any atom is 0.0555 e. The lowest BCUT2D eigenvalue weighted by Crippen LogP contribution is -2.24. The number of aryl methyl sites for hydroxylation is 2. The Morgan fingerprint density at radius 3 is 2.71 bits per heavy atom. The average Bonchev–Trinajstić information content (AvgIpc) is 2.47. The number of nitrogens with two attached hydrogens (primary N) is 1. The van der Waals surface area contributed by atoms with Crippen LogP contribution in [-0.4, -0.2) is 13.1 Å². The van der Waals surface area contributed by atoms with Gasteiger partial charge in [-0.05, 0) is 78.0 Å². The van der Waals surface area contributed by atoms with Crippen LogP contribution >= 0.6 is 15.9 Å². The van der Waals surface area contributed by atoms with Gasteiger partial charge >= 0.3 is 0 Å². The summed E-state index contributed by atoms with van der Waals surface area (Å²) in [6.45, 7) is 3.93. The predicted molar refractivity (Wildman–Crippen MR) is 93.4 cm³/mol. The summed E-state index contributed by atoms with van der Waals surface area (Å²) in [7, 11) is 0. The molecule has 2 aromatic rings. The van der Waals surface area contributed by atoms with Crippen molar-refractivity contribution in [2.24, 2.45) is 5.73 Å². The summed E-state index contributed by atoms with van der Waals surface area (Å²) in [6.07, 6.45) is 3.30. The molecule has 3 rings (SSSR count). The second-order valence-electron chi connectivity index (χ2n) is 5.71. The Balaban J connectivity index is 1.99. The first-order valence-corrected chi connectivity index (χ1v) is 8.34. The molecular formula is C18H21BrN2. The smallest absolute Gasteiger partial charge is 0.0555 e. The second-order valence-corrected chi connectivity index (χ2v) is 6.57. The summed E-state index contributed by atoms with van der Waals surface area (Å²) < 4.78 is 1.15. The highest BCUT2D eigenvalue weighted by Crippen LogP contribution is 2.38. The molecule has 1 aliphatic heterocycles. The van der Waals surface area contributed by atoms with E-state index in [1.165, 1.54) is 40.9 Å². The topological polar surface area (TPSA) is 29.3 Å². The maximum absolute atomic E-state index is 5.64. The van der Waals surface area contributed by atoms with Crippen LogP contribution in [0, 0.1) is 6.92 Å². The molecule has 0 radical (unpaired) electrons. The summed E-state index contributed by atoms with van der Waals surface area (Å²) in [6, 6.07) is 13.4. The van der Waals surface area contributed by atoms with E-state index >= 15 is 0 Å². The lowest BCUT2D eigenvalue weighted by molar-refractivity contribution is 0.765. The highest BCUT2D eigenvalue weighted by atomic mass is 79.9. The van der Waals surface area contributed by atoms with E-state index in [0.717, 1.165) is 17.4 Å². The van der Waals surface area contributed by atoms with E-state index < -0.39 is 0 Å². The van der Waals surface area contributed by atoms with Gasteiger partial charge in [-0.2, -0.15) is 0 Å². The van der Waals surface area contributed by atoms with Crippen LogP contribution in [0.4, 0.5) is 11.4 Å². The fourth-order valence-corrected chi connectivity index (χ4v) is 3.71. The number of benzene rings is 2. The average molecular weight is 345 g/mol. The number of nitrogens with zero attached hydrogens (tertiary/aromatic N) is 1. The van der Waals surface area contributed by atoms with Crippen molar-refractivity contribution >= 4 is 27.3 Å². The molecule has 0 amide bonds. The van der Waals surface area contributed by atoms with Gasteiger partial charge in [0.05, 0.1) is 5.69 Å². The minimum absolute atomic E-state index is 0.692. The third-order valence-corrected chi connectivity index (χ3v) is 4.72. The van der Waals surface area contributed by atoms with Gasteiger partial charge in [0.1, 0.15) is 0 Å². The first kappa shape index (κ1) is 14.6. The summed E-state index contributed by atoms with van der Waals surface area (Å²) in [5.74, 6) is 0. The Hall–Kier alpha value is -1.32. The molecule has 0 spiro atoms. The molecule has 0 saturated heterocycles. The fourth-order valence-electron chi connectivity index (χ4n) is 3.07. The van der Waals surface area contributed by atoms with E-state index in [-0.39, 0.29) is 0 Å². The number of anilines is 2. The molecule has 1 aliphatic rings. The molecule has 0 fully saturated rings. The molecule has 2 nitrogen and oxygen atoms in total. The number of fused-ring (bicyclic) bond motifs is 1. The van der Waals surface area contributed by atoms with Gasteiger partial charge in [0.2, 0.25) is 0 Å². The molecule has 0 aliphatic carbocycles.